The zero-order chi connectivity index (χ0) is 12.8. The van der Waals surface area contributed by atoms with Crippen LogP contribution in [0.3, 0.4) is 0 Å². The van der Waals surface area contributed by atoms with Crippen LogP contribution in [-0.2, 0) is 14.3 Å². The molecule has 17 heavy (non-hydrogen) atoms. The molecule has 0 saturated heterocycles. The van der Waals surface area contributed by atoms with Crippen LogP contribution in [0.25, 0.3) is 0 Å². The second-order valence-corrected chi connectivity index (χ2v) is 5.02. The van der Waals surface area contributed by atoms with Gasteiger partial charge in [-0.25, -0.2) is 0 Å². The molecular weight excluding hydrogens is 218 g/mol. The minimum Gasteiger partial charge on any atom is -0.383 e. The Morgan fingerprint density at radius 2 is 2.00 bits per heavy atom. The molecule has 0 aromatic heterocycles. The first kappa shape index (κ1) is 14.5. The summed E-state index contributed by atoms with van der Waals surface area (Å²) in [5.41, 5.74) is 0. The van der Waals surface area contributed by atoms with Crippen molar-refractivity contribution in [1.82, 2.24) is 4.90 Å². The van der Waals surface area contributed by atoms with Crippen molar-refractivity contribution in [2.24, 2.45) is 5.92 Å². The van der Waals surface area contributed by atoms with Gasteiger partial charge in [-0.05, 0) is 39.5 Å². The van der Waals surface area contributed by atoms with E-state index in [1.54, 1.807) is 7.11 Å². The molecule has 4 nitrogen and oxygen atoms in total. The van der Waals surface area contributed by atoms with Crippen molar-refractivity contribution in [3.8, 4) is 0 Å². The highest BCUT2D eigenvalue weighted by Crippen LogP contribution is 2.35. The number of ether oxygens (including phenoxy) is 2. The molecule has 0 heterocycles. The van der Waals surface area contributed by atoms with Crippen molar-refractivity contribution in [3.63, 3.8) is 0 Å². The Labute approximate surface area is 104 Å². The largest absolute Gasteiger partial charge is 0.383 e. The Morgan fingerprint density at radius 3 is 2.47 bits per heavy atom. The van der Waals surface area contributed by atoms with Gasteiger partial charge in [0.25, 0.3) is 0 Å². The molecule has 1 unspecified atom stereocenters. The van der Waals surface area contributed by atoms with E-state index in [0.29, 0.717) is 25.1 Å². The van der Waals surface area contributed by atoms with Gasteiger partial charge >= 0.3 is 0 Å². The molecule has 100 valence electrons. The molecule has 1 saturated carbocycles. The van der Waals surface area contributed by atoms with Crippen LogP contribution in [0.1, 0.15) is 33.6 Å². The third-order valence-electron chi connectivity index (χ3n) is 3.19. The number of methoxy groups -OCH3 is 1. The van der Waals surface area contributed by atoms with E-state index in [-0.39, 0.29) is 18.6 Å². The fourth-order valence-corrected chi connectivity index (χ4v) is 1.90. The SMILES string of the molecule is COCCN(C(=O)COC(C)C)C(C)C1CC1. The second-order valence-electron chi connectivity index (χ2n) is 5.02. The predicted molar refractivity (Wildman–Crippen MR) is 66.9 cm³/mol. The second kappa shape index (κ2) is 6.97. The minimum atomic E-state index is 0.0788. The molecule has 0 N–H and O–H groups in total. The lowest BCUT2D eigenvalue weighted by atomic mass is 10.2. The normalized spacial score (nSPS) is 17.2. The molecule has 0 spiro atoms. The highest BCUT2D eigenvalue weighted by atomic mass is 16.5. The lowest BCUT2D eigenvalue weighted by Gasteiger charge is -2.29. The van der Waals surface area contributed by atoms with Crippen LogP contribution in [0, 0.1) is 5.92 Å². The molecule has 1 aliphatic carbocycles. The first-order valence-electron chi connectivity index (χ1n) is 6.46. The smallest absolute Gasteiger partial charge is 0.248 e. The Bertz CT molecular complexity index is 239. The van der Waals surface area contributed by atoms with Gasteiger partial charge in [-0.15, -0.1) is 0 Å². The molecule has 1 amide bonds. The molecular formula is C13H25NO3. The van der Waals surface area contributed by atoms with Gasteiger partial charge in [-0.1, -0.05) is 0 Å². The lowest BCUT2D eigenvalue weighted by molar-refractivity contribution is -0.140. The standard InChI is InChI=1S/C13H25NO3/c1-10(2)17-9-13(15)14(7-8-16-4)11(3)12-5-6-12/h10-12H,5-9H2,1-4H3. The Kier molecular flexibility index (Phi) is 5.92. The Morgan fingerprint density at radius 1 is 1.35 bits per heavy atom. The maximum atomic E-state index is 12.1. The minimum absolute atomic E-state index is 0.0788. The van der Waals surface area contributed by atoms with E-state index in [0.717, 1.165) is 0 Å². The molecule has 1 aliphatic rings. The van der Waals surface area contributed by atoms with Crippen molar-refractivity contribution in [3.05, 3.63) is 0 Å². The number of hydrogen-bond acceptors (Lipinski definition) is 3. The number of rotatable bonds is 8. The third kappa shape index (κ3) is 5.04. The summed E-state index contributed by atoms with van der Waals surface area (Å²) in [7, 11) is 1.66. The highest BCUT2D eigenvalue weighted by Gasteiger charge is 2.34. The van der Waals surface area contributed by atoms with Crippen molar-refractivity contribution in [2.45, 2.75) is 45.8 Å². The van der Waals surface area contributed by atoms with E-state index in [2.05, 4.69) is 6.92 Å². The summed E-state index contributed by atoms with van der Waals surface area (Å²) in [5, 5.41) is 0. The average molecular weight is 243 g/mol. The summed E-state index contributed by atoms with van der Waals surface area (Å²) in [6.45, 7) is 7.44. The predicted octanol–water partition coefficient (Wildman–Crippen LogP) is 1.68. The van der Waals surface area contributed by atoms with Crippen molar-refractivity contribution < 1.29 is 14.3 Å². The molecule has 4 heteroatoms. The molecule has 0 aliphatic heterocycles. The summed E-state index contributed by atoms with van der Waals surface area (Å²) in [6, 6.07) is 0.313. The number of carbonyl (C=O) groups excluding carboxylic acids is 1. The summed E-state index contributed by atoms with van der Waals surface area (Å²) >= 11 is 0. The molecule has 0 radical (unpaired) electrons. The van der Waals surface area contributed by atoms with Gasteiger partial charge in [0.15, 0.2) is 0 Å². The van der Waals surface area contributed by atoms with Crippen LogP contribution < -0.4 is 0 Å². The van der Waals surface area contributed by atoms with Gasteiger partial charge in [0.2, 0.25) is 5.91 Å². The van der Waals surface area contributed by atoms with E-state index >= 15 is 0 Å². The topological polar surface area (TPSA) is 38.8 Å². The number of nitrogens with zero attached hydrogens (tertiary/aromatic N) is 1. The van der Waals surface area contributed by atoms with Crippen LogP contribution in [-0.4, -0.2) is 49.8 Å². The van der Waals surface area contributed by atoms with E-state index in [9.17, 15) is 4.79 Å². The summed E-state index contributed by atoms with van der Waals surface area (Å²) in [6.07, 6.45) is 2.57. The zero-order valence-electron chi connectivity index (χ0n) is 11.4. The first-order valence-corrected chi connectivity index (χ1v) is 6.46. The Balaban J connectivity index is 2.45. The lowest BCUT2D eigenvalue weighted by Crippen LogP contribution is -2.44. The zero-order valence-corrected chi connectivity index (χ0v) is 11.4. The Hall–Kier alpha value is -0.610. The van der Waals surface area contributed by atoms with Crippen LogP contribution in [0.15, 0.2) is 0 Å². The van der Waals surface area contributed by atoms with Gasteiger partial charge in [-0.3, -0.25) is 4.79 Å². The highest BCUT2D eigenvalue weighted by molar-refractivity contribution is 5.77. The molecule has 0 aromatic carbocycles. The quantitative estimate of drug-likeness (QED) is 0.651. The third-order valence-corrected chi connectivity index (χ3v) is 3.19. The maximum absolute atomic E-state index is 12.1. The maximum Gasteiger partial charge on any atom is 0.248 e. The first-order chi connectivity index (χ1) is 8.06. The van der Waals surface area contributed by atoms with E-state index in [1.165, 1.54) is 12.8 Å². The van der Waals surface area contributed by atoms with E-state index < -0.39 is 0 Å². The van der Waals surface area contributed by atoms with Crippen LogP contribution in [0.4, 0.5) is 0 Å². The van der Waals surface area contributed by atoms with Crippen molar-refractivity contribution in [2.75, 3.05) is 26.9 Å². The fraction of sp³-hybridized carbons (Fsp3) is 0.923. The van der Waals surface area contributed by atoms with Gasteiger partial charge in [0.1, 0.15) is 6.61 Å². The van der Waals surface area contributed by atoms with E-state index in [1.807, 2.05) is 18.7 Å². The number of amides is 1. The molecule has 1 atom stereocenters. The van der Waals surface area contributed by atoms with Crippen molar-refractivity contribution >= 4 is 5.91 Å². The molecule has 1 rings (SSSR count). The van der Waals surface area contributed by atoms with Gasteiger partial charge in [0, 0.05) is 19.7 Å². The molecule has 1 fully saturated rings. The summed E-state index contributed by atoms with van der Waals surface area (Å²) in [4.78, 5) is 14.0. The van der Waals surface area contributed by atoms with Crippen molar-refractivity contribution in [1.29, 1.82) is 0 Å². The fourth-order valence-electron chi connectivity index (χ4n) is 1.90. The number of carbonyl (C=O) groups is 1. The van der Waals surface area contributed by atoms with Gasteiger partial charge in [-0.2, -0.15) is 0 Å². The summed E-state index contributed by atoms with van der Waals surface area (Å²) in [5.74, 6) is 0.755. The monoisotopic (exact) mass is 243 g/mol. The van der Waals surface area contributed by atoms with Crippen LogP contribution in [0.5, 0.6) is 0 Å². The van der Waals surface area contributed by atoms with Gasteiger partial charge < -0.3 is 14.4 Å². The van der Waals surface area contributed by atoms with Crippen LogP contribution in [0.2, 0.25) is 0 Å². The summed E-state index contributed by atoms with van der Waals surface area (Å²) < 4.78 is 10.4. The van der Waals surface area contributed by atoms with Crippen LogP contribution >= 0.6 is 0 Å². The molecule has 0 aromatic rings. The number of hydrogen-bond donors (Lipinski definition) is 0. The molecule has 0 bridgehead atoms. The van der Waals surface area contributed by atoms with Gasteiger partial charge in [0.05, 0.1) is 12.7 Å². The average Bonchev–Trinajstić information content (AvgIpc) is 3.10. The van der Waals surface area contributed by atoms with E-state index in [4.69, 9.17) is 9.47 Å².